The van der Waals surface area contributed by atoms with E-state index in [9.17, 15) is 0 Å². The van der Waals surface area contributed by atoms with Gasteiger partial charge in [-0.25, -0.2) is 4.98 Å². The number of hydrogen-bond acceptors (Lipinski definition) is 5. The van der Waals surface area contributed by atoms with E-state index in [1.54, 1.807) is 11.3 Å². The van der Waals surface area contributed by atoms with E-state index in [0.29, 0.717) is 17.7 Å². The quantitative estimate of drug-likeness (QED) is 0.806. The molecule has 0 bridgehead atoms. The molecule has 0 spiro atoms. The van der Waals surface area contributed by atoms with Crippen LogP contribution in [0.25, 0.3) is 0 Å². The highest BCUT2D eigenvalue weighted by atomic mass is 32.1. The molecule has 3 N–H and O–H groups in total. The van der Waals surface area contributed by atoms with Crippen molar-refractivity contribution in [3.05, 3.63) is 11.1 Å². The highest BCUT2D eigenvalue weighted by Gasteiger charge is 2.19. The Morgan fingerprint density at radius 2 is 2.53 bits per heavy atom. The highest BCUT2D eigenvalue weighted by molar-refractivity contribution is 7.15. The minimum atomic E-state index is 0.307. The summed E-state index contributed by atoms with van der Waals surface area (Å²) in [7, 11) is 0. The summed E-state index contributed by atoms with van der Waals surface area (Å²) in [5.41, 5.74) is 5.59. The van der Waals surface area contributed by atoms with Crippen molar-refractivity contribution >= 4 is 16.5 Å². The van der Waals surface area contributed by atoms with Crippen LogP contribution in [0.4, 0.5) is 5.13 Å². The fourth-order valence-corrected chi connectivity index (χ4v) is 2.79. The predicted octanol–water partition coefficient (Wildman–Crippen LogP) is 0.930. The maximum Gasteiger partial charge on any atom is 0.180 e. The van der Waals surface area contributed by atoms with Crippen LogP contribution in [0.5, 0.6) is 0 Å². The number of anilines is 1. The van der Waals surface area contributed by atoms with Gasteiger partial charge in [0.05, 0.1) is 0 Å². The third kappa shape index (κ3) is 2.90. The lowest BCUT2D eigenvalue weighted by molar-refractivity contribution is 0.116. The van der Waals surface area contributed by atoms with Crippen LogP contribution in [0, 0.1) is 5.92 Å². The molecule has 84 valence electrons. The number of rotatable bonds is 3. The molecule has 1 aromatic heterocycles. The molecule has 1 fully saturated rings. The molecule has 5 heteroatoms. The number of aliphatic hydroxyl groups excluding tert-OH is 1. The third-order valence-corrected chi connectivity index (χ3v) is 3.62. The second-order valence-electron chi connectivity index (χ2n) is 4.09. The Hall–Kier alpha value is -0.650. The van der Waals surface area contributed by atoms with E-state index in [0.717, 1.165) is 26.1 Å². The predicted molar refractivity (Wildman–Crippen MR) is 61.6 cm³/mol. The van der Waals surface area contributed by atoms with E-state index < -0.39 is 0 Å². The van der Waals surface area contributed by atoms with E-state index in [-0.39, 0.29) is 0 Å². The summed E-state index contributed by atoms with van der Waals surface area (Å²) in [5.74, 6) is 0.448. The molecule has 4 nitrogen and oxygen atoms in total. The van der Waals surface area contributed by atoms with E-state index in [4.69, 9.17) is 10.8 Å². The molecule has 1 atom stereocenters. The Kier molecular flexibility index (Phi) is 3.56. The van der Waals surface area contributed by atoms with Crippen LogP contribution in [-0.2, 0) is 6.54 Å². The number of aromatic nitrogens is 1. The second-order valence-corrected chi connectivity index (χ2v) is 5.24. The molecule has 0 aliphatic carbocycles. The first-order valence-electron chi connectivity index (χ1n) is 5.31. The van der Waals surface area contributed by atoms with Gasteiger partial charge >= 0.3 is 0 Å². The van der Waals surface area contributed by atoms with E-state index in [1.807, 2.05) is 6.20 Å². The zero-order valence-electron chi connectivity index (χ0n) is 8.72. The molecule has 0 saturated carbocycles. The Morgan fingerprint density at radius 1 is 1.67 bits per heavy atom. The van der Waals surface area contributed by atoms with Gasteiger partial charge in [0, 0.05) is 30.8 Å². The summed E-state index contributed by atoms with van der Waals surface area (Å²) >= 11 is 1.55. The van der Waals surface area contributed by atoms with E-state index >= 15 is 0 Å². The van der Waals surface area contributed by atoms with Crippen molar-refractivity contribution in [2.75, 3.05) is 25.4 Å². The minimum absolute atomic E-state index is 0.307. The molecule has 0 amide bonds. The summed E-state index contributed by atoms with van der Waals surface area (Å²) in [6.07, 6.45) is 4.18. The van der Waals surface area contributed by atoms with Crippen molar-refractivity contribution in [2.45, 2.75) is 19.4 Å². The van der Waals surface area contributed by atoms with Crippen LogP contribution in [0.1, 0.15) is 17.7 Å². The first-order chi connectivity index (χ1) is 7.28. The number of likely N-dealkylation sites (tertiary alicyclic amines) is 1. The molecular formula is C10H17N3OS. The molecule has 1 aliphatic rings. The van der Waals surface area contributed by atoms with Crippen molar-refractivity contribution in [2.24, 2.45) is 5.92 Å². The Morgan fingerprint density at radius 3 is 3.20 bits per heavy atom. The van der Waals surface area contributed by atoms with Crippen LogP contribution >= 0.6 is 11.3 Å². The maximum absolute atomic E-state index is 9.12. The van der Waals surface area contributed by atoms with Gasteiger partial charge in [-0.3, -0.25) is 4.90 Å². The van der Waals surface area contributed by atoms with Crippen LogP contribution in [0.15, 0.2) is 6.20 Å². The van der Waals surface area contributed by atoms with Crippen LogP contribution in [0.3, 0.4) is 0 Å². The fraction of sp³-hybridized carbons (Fsp3) is 0.700. The van der Waals surface area contributed by atoms with Crippen molar-refractivity contribution in [1.29, 1.82) is 0 Å². The van der Waals surface area contributed by atoms with Gasteiger partial charge < -0.3 is 10.8 Å². The molecule has 15 heavy (non-hydrogen) atoms. The molecule has 0 aromatic carbocycles. The summed E-state index contributed by atoms with van der Waals surface area (Å²) in [6.45, 7) is 3.34. The molecule has 1 unspecified atom stereocenters. The molecule has 0 radical (unpaired) electrons. The van der Waals surface area contributed by atoms with Gasteiger partial charge in [0.25, 0.3) is 0 Å². The van der Waals surface area contributed by atoms with Gasteiger partial charge in [0.2, 0.25) is 0 Å². The molecule has 2 heterocycles. The van der Waals surface area contributed by atoms with Gasteiger partial charge in [-0.05, 0) is 25.3 Å². The average molecular weight is 227 g/mol. The third-order valence-electron chi connectivity index (χ3n) is 2.81. The SMILES string of the molecule is Nc1ncc(CN2CCCC(CO)C2)s1. The van der Waals surface area contributed by atoms with E-state index in [2.05, 4.69) is 9.88 Å². The standard InChI is InChI=1S/C10H17N3OS/c11-10-12-4-9(15-10)6-13-3-1-2-8(5-13)7-14/h4,8,14H,1-3,5-7H2,(H2,11,12). The zero-order chi connectivity index (χ0) is 10.7. The fourth-order valence-electron chi connectivity index (χ4n) is 2.06. The smallest absolute Gasteiger partial charge is 0.180 e. The van der Waals surface area contributed by atoms with Gasteiger partial charge in [-0.15, -0.1) is 11.3 Å². The Balaban J connectivity index is 1.88. The Labute approximate surface area is 93.7 Å². The van der Waals surface area contributed by atoms with Crippen LogP contribution in [-0.4, -0.2) is 34.7 Å². The van der Waals surface area contributed by atoms with Crippen LogP contribution < -0.4 is 5.73 Å². The highest BCUT2D eigenvalue weighted by Crippen LogP contribution is 2.21. The number of nitrogen functional groups attached to an aromatic ring is 1. The molecular weight excluding hydrogens is 210 g/mol. The monoisotopic (exact) mass is 227 g/mol. The topological polar surface area (TPSA) is 62.4 Å². The average Bonchev–Trinajstić information content (AvgIpc) is 2.64. The lowest BCUT2D eigenvalue weighted by atomic mass is 9.99. The van der Waals surface area contributed by atoms with Crippen molar-refractivity contribution in [3.8, 4) is 0 Å². The summed E-state index contributed by atoms with van der Waals surface area (Å²) in [6, 6.07) is 0. The largest absolute Gasteiger partial charge is 0.396 e. The number of hydrogen-bond donors (Lipinski definition) is 2. The van der Waals surface area contributed by atoms with Crippen molar-refractivity contribution < 1.29 is 5.11 Å². The number of piperidine rings is 1. The lowest BCUT2D eigenvalue weighted by Gasteiger charge is -2.31. The zero-order valence-corrected chi connectivity index (χ0v) is 9.54. The molecule has 2 rings (SSSR count). The molecule has 1 aromatic rings. The van der Waals surface area contributed by atoms with Gasteiger partial charge in [0.15, 0.2) is 5.13 Å². The second kappa shape index (κ2) is 4.92. The number of nitrogens with two attached hydrogens (primary N) is 1. The summed E-state index contributed by atoms with van der Waals surface area (Å²) in [5, 5.41) is 9.76. The first kappa shape index (κ1) is 10.9. The summed E-state index contributed by atoms with van der Waals surface area (Å²) in [4.78, 5) is 7.63. The lowest BCUT2D eigenvalue weighted by Crippen LogP contribution is -2.36. The normalized spacial score (nSPS) is 23.1. The first-order valence-corrected chi connectivity index (χ1v) is 6.13. The number of aliphatic hydroxyl groups is 1. The van der Waals surface area contributed by atoms with Gasteiger partial charge in [-0.2, -0.15) is 0 Å². The van der Waals surface area contributed by atoms with Gasteiger partial charge in [-0.1, -0.05) is 0 Å². The van der Waals surface area contributed by atoms with Crippen LogP contribution in [0.2, 0.25) is 0 Å². The molecule has 1 aliphatic heterocycles. The van der Waals surface area contributed by atoms with Gasteiger partial charge in [0.1, 0.15) is 0 Å². The Bertz CT molecular complexity index is 315. The number of nitrogens with zero attached hydrogens (tertiary/aromatic N) is 2. The molecule has 1 saturated heterocycles. The summed E-state index contributed by atoms with van der Waals surface area (Å²) < 4.78 is 0. The van der Waals surface area contributed by atoms with E-state index in [1.165, 1.54) is 11.3 Å². The minimum Gasteiger partial charge on any atom is -0.396 e. The van der Waals surface area contributed by atoms with Crippen molar-refractivity contribution in [3.63, 3.8) is 0 Å². The number of thiazole rings is 1. The maximum atomic E-state index is 9.12. The van der Waals surface area contributed by atoms with Crippen molar-refractivity contribution in [1.82, 2.24) is 9.88 Å².